The Morgan fingerprint density at radius 2 is 2.05 bits per heavy atom. The van der Waals surface area contributed by atoms with Crippen molar-refractivity contribution in [2.24, 2.45) is 0 Å². The SMILES string of the molecule is COc1ccc(CN[C@@H](C)c2ccco2)c(OC)c1. The van der Waals surface area contributed by atoms with Crippen LogP contribution in [0.4, 0.5) is 0 Å². The molecule has 4 nitrogen and oxygen atoms in total. The zero-order chi connectivity index (χ0) is 13.7. The van der Waals surface area contributed by atoms with Crippen LogP contribution in [0.3, 0.4) is 0 Å². The summed E-state index contributed by atoms with van der Waals surface area (Å²) in [7, 11) is 3.31. The molecule has 0 bridgehead atoms. The molecule has 0 aliphatic heterocycles. The molecule has 1 N–H and O–H groups in total. The maximum absolute atomic E-state index is 5.37. The molecule has 1 aromatic carbocycles. The molecule has 0 fully saturated rings. The monoisotopic (exact) mass is 261 g/mol. The van der Waals surface area contributed by atoms with E-state index in [1.807, 2.05) is 30.3 Å². The minimum Gasteiger partial charge on any atom is -0.497 e. The van der Waals surface area contributed by atoms with Gasteiger partial charge in [-0.25, -0.2) is 0 Å². The number of ether oxygens (including phenoxy) is 2. The fourth-order valence-corrected chi connectivity index (χ4v) is 1.90. The van der Waals surface area contributed by atoms with Crippen molar-refractivity contribution in [1.82, 2.24) is 5.32 Å². The van der Waals surface area contributed by atoms with Gasteiger partial charge in [-0.3, -0.25) is 0 Å². The highest BCUT2D eigenvalue weighted by Crippen LogP contribution is 2.25. The van der Waals surface area contributed by atoms with E-state index >= 15 is 0 Å². The Labute approximate surface area is 113 Å². The van der Waals surface area contributed by atoms with E-state index in [9.17, 15) is 0 Å². The van der Waals surface area contributed by atoms with Gasteiger partial charge in [-0.1, -0.05) is 6.07 Å². The second kappa shape index (κ2) is 6.29. The highest BCUT2D eigenvalue weighted by molar-refractivity contribution is 5.40. The molecule has 0 saturated carbocycles. The van der Waals surface area contributed by atoms with Crippen molar-refractivity contribution >= 4 is 0 Å². The zero-order valence-electron chi connectivity index (χ0n) is 11.5. The number of furan rings is 1. The van der Waals surface area contributed by atoms with Gasteiger partial charge in [0.1, 0.15) is 17.3 Å². The van der Waals surface area contributed by atoms with E-state index in [1.165, 1.54) is 0 Å². The zero-order valence-corrected chi connectivity index (χ0v) is 11.5. The second-order valence-corrected chi connectivity index (χ2v) is 4.30. The molecule has 0 unspecified atom stereocenters. The van der Waals surface area contributed by atoms with Gasteiger partial charge in [0.15, 0.2) is 0 Å². The minimum atomic E-state index is 0.154. The Kier molecular flexibility index (Phi) is 4.47. The Bertz CT molecular complexity index is 508. The summed E-state index contributed by atoms with van der Waals surface area (Å²) in [6.45, 7) is 2.77. The first kappa shape index (κ1) is 13.5. The molecule has 0 spiro atoms. The fourth-order valence-electron chi connectivity index (χ4n) is 1.90. The highest BCUT2D eigenvalue weighted by Gasteiger charge is 2.10. The van der Waals surface area contributed by atoms with Crippen LogP contribution in [0.2, 0.25) is 0 Å². The molecule has 1 aromatic heterocycles. The molecule has 2 aromatic rings. The third-order valence-corrected chi connectivity index (χ3v) is 3.06. The molecule has 102 valence electrons. The highest BCUT2D eigenvalue weighted by atomic mass is 16.5. The summed E-state index contributed by atoms with van der Waals surface area (Å²) in [5.74, 6) is 2.53. The summed E-state index contributed by atoms with van der Waals surface area (Å²) in [4.78, 5) is 0. The number of hydrogen-bond donors (Lipinski definition) is 1. The summed E-state index contributed by atoms with van der Waals surface area (Å²) >= 11 is 0. The number of methoxy groups -OCH3 is 2. The van der Waals surface area contributed by atoms with Gasteiger partial charge in [0.05, 0.1) is 26.5 Å². The van der Waals surface area contributed by atoms with Crippen LogP contribution >= 0.6 is 0 Å². The van der Waals surface area contributed by atoms with Crippen LogP contribution < -0.4 is 14.8 Å². The second-order valence-electron chi connectivity index (χ2n) is 4.30. The lowest BCUT2D eigenvalue weighted by molar-refractivity contribution is 0.385. The molecule has 0 amide bonds. The molecule has 0 saturated heterocycles. The molecule has 19 heavy (non-hydrogen) atoms. The van der Waals surface area contributed by atoms with Crippen LogP contribution in [0.1, 0.15) is 24.3 Å². The average Bonchev–Trinajstić information content (AvgIpc) is 2.98. The van der Waals surface area contributed by atoms with E-state index in [2.05, 4.69) is 12.2 Å². The molecule has 2 rings (SSSR count). The fraction of sp³-hybridized carbons (Fsp3) is 0.333. The van der Waals surface area contributed by atoms with Gasteiger partial charge in [0.25, 0.3) is 0 Å². The number of nitrogens with one attached hydrogen (secondary N) is 1. The minimum absolute atomic E-state index is 0.154. The van der Waals surface area contributed by atoms with E-state index in [-0.39, 0.29) is 6.04 Å². The first-order valence-corrected chi connectivity index (χ1v) is 6.22. The van der Waals surface area contributed by atoms with Crippen molar-refractivity contribution in [3.63, 3.8) is 0 Å². The predicted molar refractivity (Wildman–Crippen MR) is 73.5 cm³/mol. The number of rotatable bonds is 6. The summed E-state index contributed by atoms with van der Waals surface area (Å²) in [6, 6.07) is 9.82. The normalized spacial score (nSPS) is 12.2. The maximum Gasteiger partial charge on any atom is 0.127 e. The maximum atomic E-state index is 5.37. The summed E-state index contributed by atoms with van der Waals surface area (Å²) in [5, 5.41) is 3.40. The number of hydrogen-bond acceptors (Lipinski definition) is 4. The Hall–Kier alpha value is -1.94. The topological polar surface area (TPSA) is 43.6 Å². The first-order valence-electron chi connectivity index (χ1n) is 6.22. The van der Waals surface area contributed by atoms with Crippen LogP contribution in [-0.2, 0) is 6.54 Å². The molecular formula is C15H19NO3. The first-order chi connectivity index (χ1) is 9.24. The summed E-state index contributed by atoms with van der Waals surface area (Å²) in [5.41, 5.74) is 1.08. The van der Waals surface area contributed by atoms with Gasteiger partial charge < -0.3 is 19.2 Å². The lowest BCUT2D eigenvalue weighted by atomic mass is 10.1. The van der Waals surface area contributed by atoms with E-state index in [1.54, 1.807) is 20.5 Å². The smallest absolute Gasteiger partial charge is 0.127 e. The van der Waals surface area contributed by atoms with Crippen LogP contribution in [-0.4, -0.2) is 14.2 Å². The van der Waals surface area contributed by atoms with Gasteiger partial charge in [0.2, 0.25) is 0 Å². The van der Waals surface area contributed by atoms with Crippen molar-refractivity contribution < 1.29 is 13.9 Å². The molecule has 0 radical (unpaired) electrons. The summed E-state index contributed by atoms with van der Waals surface area (Å²) in [6.07, 6.45) is 1.68. The third-order valence-electron chi connectivity index (χ3n) is 3.06. The third kappa shape index (κ3) is 3.29. The lowest BCUT2D eigenvalue weighted by Gasteiger charge is -2.14. The van der Waals surface area contributed by atoms with Gasteiger partial charge >= 0.3 is 0 Å². The summed E-state index contributed by atoms with van der Waals surface area (Å²) < 4.78 is 15.9. The molecule has 0 aliphatic rings. The molecule has 1 heterocycles. The van der Waals surface area contributed by atoms with Crippen LogP contribution in [0.15, 0.2) is 41.0 Å². The largest absolute Gasteiger partial charge is 0.497 e. The molecular weight excluding hydrogens is 242 g/mol. The van der Waals surface area contributed by atoms with Gasteiger partial charge in [-0.15, -0.1) is 0 Å². The molecule has 1 atom stereocenters. The van der Waals surface area contributed by atoms with Crippen LogP contribution in [0.5, 0.6) is 11.5 Å². The standard InChI is InChI=1S/C15H19NO3/c1-11(14-5-4-8-19-14)16-10-12-6-7-13(17-2)9-15(12)18-3/h4-9,11,16H,10H2,1-3H3/t11-/m0/s1. The van der Waals surface area contributed by atoms with Crippen molar-refractivity contribution in [1.29, 1.82) is 0 Å². The van der Waals surface area contributed by atoms with Crippen molar-refractivity contribution in [2.45, 2.75) is 19.5 Å². The van der Waals surface area contributed by atoms with Crippen molar-refractivity contribution in [3.05, 3.63) is 47.9 Å². The van der Waals surface area contributed by atoms with Gasteiger partial charge in [-0.2, -0.15) is 0 Å². The van der Waals surface area contributed by atoms with Crippen molar-refractivity contribution in [3.8, 4) is 11.5 Å². The van der Waals surface area contributed by atoms with E-state index in [0.717, 1.165) is 22.8 Å². The van der Waals surface area contributed by atoms with E-state index in [0.29, 0.717) is 6.54 Å². The quantitative estimate of drug-likeness (QED) is 0.867. The Morgan fingerprint density at radius 3 is 2.68 bits per heavy atom. The molecule has 0 aliphatic carbocycles. The van der Waals surface area contributed by atoms with Crippen LogP contribution in [0.25, 0.3) is 0 Å². The predicted octanol–water partition coefficient (Wildman–Crippen LogP) is 3.15. The Morgan fingerprint density at radius 1 is 1.21 bits per heavy atom. The Balaban J connectivity index is 2.03. The van der Waals surface area contributed by atoms with E-state index < -0.39 is 0 Å². The van der Waals surface area contributed by atoms with Crippen LogP contribution in [0, 0.1) is 0 Å². The van der Waals surface area contributed by atoms with Crippen molar-refractivity contribution in [2.75, 3.05) is 14.2 Å². The van der Waals surface area contributed by atoms with E-state index in [4.69, 9.17) is 13.9 Å². The lowest BCUT2D eigenvalue weighted by Crippen LogP contribution is -2.18. The van der Waals surface area contributed by atoms with Gasteiger partial charge in [0, 0.05) is 18.2 Å². The van der Waals surface area contributed by atoms with Gasteiger partial charge in [-0.05, 0) is 25.1 Å². The molecule has 4 heteroatoms. The number of benzene rings is 1. The average molecular weight is 261 g/mol.